The molecular formula is C14H13NO4. The second kappa shape index (κ2) is 4.78. The van der Waals surface area contributed by atoms with Gasteiger partial charge in [0.15, 0.2) is 5.76 Å². The third kappa shape index (κ3) is 2.46. The fourth-order valence-corrected chi connectivity index (χ4v) is 1.87. The standard InChI is InChI=1S/C14H13NO4/c16-10-8-15(9-10)14(17)12-6-7-13(19-12)18-11-4-2-1-3-5-11/h1-7,10,16H,8-9H2. The van der Waals surface area contributed by atoms with Crippen molar-refractivity contribution in [2.45, 2.75) is 6.10 Å². The highest BCUT2D eigenvalue weighted by Gasteiger charge is 2.31. The number of carbonyl (C=O) groups excluding carboxylic acids is 1. The van der Waals surface area contributed by atoms with Crippen LogP contribution in [0.4, 0.5) is 0 Å². The van der Waals surface area contributed by atoms with Crippen LogP contribution in [0.5, 0.6) is 11.7 Å². The van der Waals surface area contributed by atoms with E-state index in [1.54, 1.807) is 24.3 Å². The molecule has 0 spiro atoms. The molecule has 0 saturated carbocycles. The van der Waals surface area contributed by atoms with Crippen molar-refractivity contribution in [3.63, 3.8) is 0 Å². The lowest BCUT2D eigenvalue weighted by atomic mass is 10.1. The van der Waals surface area contributed by atoms with Crippen molar-refractivity contribution < 1.29 is 19.1 Å². The summed E-state index contributed by atoms with van der Waals surface area (Å²) in [6, 6.07) is 12.4. The smallest absolute Gasteiger partial charge is 0.290 e. The largest absolute Gasteiger partial charge is 0.426 e. The van der Waals surface area contributed by atoms with Gasteiger partial charge in [-0.25, -0.2) is 0 Å². The molecule has 1 aromatic heterocycles. The third-order valence-electron chi connectivity index (χ3n) is 2.90. The van der Waals surface area contributed by atoms with Crippen molar-refractivity contribution in [2.75, 3.05) is 13.1 Å². The quantitative estimate of drug-likeness (QED) is 0.914. The van der Waals surface area contributed by atoms with Crippen LogP contribution >= 0.6 is 0 Å². The van der Waals surface area contributed by atoms with Gasteiger partial charge in [0.05, 0.1) is 6.10 Å². The number of aliphatic hydroxyl groups excluding tert-OH is 1. The monoisotopic (exact) mass is 259 g/mol. The maximum Gasteiger partial charge on any atom is 0.290 e. The first-order valence-electron chi connectivity index (χ1n) is 6.02. The first-order valence-corrected chi connectivity index (χ1v) is 6.02. The molecule has 3 rings (SSSR count). The predicted molar refractivity (Wildman–Crippen MR) is 67.1 cm³/mol. The van der Waals surface area contributed by atoms with Crippen molar-refractivity contribution in [1.82, 2.24) is 4.90 Å². The van der Waals surface area contributed by atoms with Crippen LogP contribution in [-0.4, -0.2) is 35.1 Å². The van der Waals surface area contributed by atoms with E-state index in [1.165, 1.54) is 4.90 Å². The average molecular weight is 259 g/mol. The Morgan fingerprint density at radius 1 is 1.21 bits per heavy atom. The lowest BCUT2D eigenvalue weighted by Crippen LogP contribution is -2.53. The fraction of sp³-hybridized carbons (Fsp3) is 0.214. The molecule has 0 radical (unpaired) electrons. The van der Waals surface area contributed by atoms with Gasteiger partial charge in [-0.2, -0.15) is 0 Å². The molecule has 1 saturated heterocycles. The molecule has 2 aromatic rings. The van der Waals surface area contributed by atoms with E-state index < -0.39 is 6.10 Å². The highest BCUT2D eigenvalue weighted by Crippen LogP contribution is 2.24. The number of amides is 1. The second-order valence-corrected chi connectivity index (χ2v) is 4.40. The van der Waals surface area contributed by atoms with Crippen LogP contribution < -0.4 is 4.74 Å². The summed E-state index contributed by atoms with van der Waals surface area (Å²) in [5.74, 6) is 0.914. The summed E-state index contributed by atoms with van der Waals surface area (Å²) >= 11 is 0. The molecule has 5 heteroatoms. The maximum absolute atomic E-state index is 11.9. The lowest BCUT2D eigenvalue weighted by Gasteiger charge is -2.35. The minimum atomic E-state index is -0.418. The van der Waals surface area contributed by atoms with Gasteiger partial charge in [0.1, 0.15) is 5.75 Å². The van der Waals surface area contributed by atoms with Crippen molar-refractivity contribution >= 4 is 5.91 Å². The summed E-state index contributed by atoms with van der Waals surface area (Å²) in [4.78, 5) is 13.4. The minimum Gasteiger partial charge on any atom is -0.426 e. The molecule has 19 heavy (non-hydrogen) atoms. The van der Waals surface area contributed by atoms with Crippen molar-refractivity contribution in [2.24, 2.45) is 0 Å². The SMILES string of the molecule is O=C(c1ccc(Oc2ccccc2)o1)N1CC(O)C1. The van der Waals surface area contributed by atoms with E-state index in [0.29, 0.717) is 18.8 Å². The summed E-state index contributed by atoms with van der Waals surface area (Å²) in [5, 5.41) is 9.16. The number of rotatable bonds is 3. The number of β-amino-alcohol motifs (C(OH)–C–C–N with tert-alkyl or cyclic N) is 1. The molecule has 0 aliphatic carbocycles. The zero-order valence-corrected chi connectivity index (χ0v) is 10.2. The first-order chi connectivity index (χ1) is 9.22. The Labute approximate surface area is 110 Å². The average Bonchev–Trinajstić information content (AvgIpc) is 2.84. The van der Waals surface area contributed by atoms with Gasteiger partial charge in [0.25, 0.3) is 11.9 Å². The van der Waals surface area contributed by atoms with Gasteiger partial charge in [-0.1, -0.05) is 18.2 Å². The summed E-state index contributed by atoms with van der Waals surface area (Å²) in [7, 11) is 0. The lowest BCUT2D eigenvalue weighted by molar-refractivity contribution is 0.00373. The highest BCUT2D eigenvalue weighted by atomic mass is 16.6. The minimum absolute atomic E-state index is 0.220. The van der Waals surface area contributed by atoms with Crippen molar-refractivity contribution in [1.29, 1.82) is 0 Å². The number of nitrogens with zero attached hydrogens (tertiary/aromatic N) is 1. The topological polar surface area (TPSA) is 62.9 Å². The first kappa shape index (κ1) is 11.8. The van der Waals surface area contributed by atoms with E-state index >= 15 is 0 Å². The highest BCUT2D eigenvalue weighted by molar-refractivity contribution is 5.92. The number of aliphatic hydroxyl groups is 1. The van der Waals surface area contributed by atoms with E-state index in [4.69, 9.17) is 14.3 Å². The molecule has 98 valence electrons. The molecule has 1 fully saturated rings. The van der Waals surface area contributed by atoms with Gasteiger partial charge < -0.3 is 19.2 Å². The summed E-state index contributed by atoms with van der Waals surface area (Å²) in [5.41, 5.74) is 0. The summed E-state index contributed by atoms with van der Waals surface area (Å²) in [6.45, 7) is 0.711. The molecule has 1 aromatic carbocycles. The van der Waals surface area contributed by atoms with E-state index in [-0.39, 0.29) is 17.6 Å². The molecule has 1 amide bonds. The molecule has 1 aliphatic heterocycles. The molecule has 5 nitrogen and oxygen atoms in total. The number of ether oxygens (including phenoxy) is 1. The van der Waals surface area contributed by atoms with Gasteiger partial charge in [0.2, 0.25) is 0 Å². The fourth-order valence-electron chi connectivity index (χ4n) is 1.87. The van der Waals surface area contributed by atoms with E-state index in [9.17, 15) is 4.79 Å². The van der Waals surface area contributed by atoms with Crippen LogP contribution in [0.25, 0.3) is 0 Å². The Hall–Kier alpha value is -2.27. The van der Waals surface area contributed by atoms with E-state index in [1.807, 2.05) is 18.2 Å². The summed E-state index contributed by atoms with van der Waals surface area (Å²) < 4.78 is 10.8. The number of hydrogen-bond acceptors (Lipinski definition) is 4. The molecule has 1 N–H and O–H groups in total. The molecule has 1 aliphatic rings. The van der Waals surface area contributed by atoms with E-state index in [2.05, 4.69) is 0 Å². The van der Waals surface area contributed by atoms with Crippen LogP contribution in [0, 0.1) is 0 Å². The normalized spacial score (nSPS) is 15.1. The van der Waals surface area contributed by atoms with Crippen molar-refractivity contribution in [3.8, 4) is 11.7 Å². The summed E-state index contributed by atoms with van der Waals surface area (Å²) in [6.07, 6.45) is -0.418. The molecule has 0 unspecified atom stereocenters. The molecule has 0 bridgehead atoms. The van der Waals surface area contributed by atoms with Crippen LogP contribution in [0.1, 0.15) is 10.6 Å². The number of benzene rings is 1. The second-order valence-electron chi connectivity index (χ2n) is 4.40. The Balaban J connectivity index is 1.68. The number of carbonyl (C=O) groups is 1. The number of likely N-dealkylation sites (tertiary alicyclic amines) is 1. The number of hydrogen-bond donors (Lipinski definition) is 1. The molecular weight excluding hydrogens is 246 g/mol. The van der Waals surface area contributed by atoms with Crippen LogP contribution in [0.3, 0.4) is 0 Å². The Bertz CT molecular complexity index is 572. The predicted octanol–water partition coefficient (Wildman–Crippen LogP) is 1.89. The number of furan rings is 1. The van der Waals surface area contributed by atoms with Crippen LogP contribution in [0.2, 0.25) is 0 Å². The Morgan fingerprint density at radius 2 is 1.95 bits per heavy atom. The van der Waals surface area contributed by atoms with Crippen LogP contribution in [0.15, 0.2) is 46.9 Å². The van der Waals surface area contributed by atoms with Crippen LogP contribution in [-0.2, 0) is 0 Å². The zero-order valence-electron chi connectivity index (χ0n) is 10.2. The maximum atomic E-state index is 11.9. The zero-order chi connectivity index (χ0) is 13.2. The Morgan fingerprint density at radius 3 is 2.63 bits per heavy atom. The Kier molecular flexibility index (Phi) is 2.97. The number of para-hydroxylation sites is 1. The van der Waals surface area contributed by atoms with Gasteiger partial charge in [0, 0.05) is 19.2 Å². The molecule has 0 atom stereocenters. The van der Waals surface area contributed by atoms with Gasteiger partial charge in [-0.05, 0) is 18.2 Å². The van der Waals surface area contributed by atoms with Gasteiger partial charge in [-0.3, -0.25) is 4.79 Å². The molecule has 2 heterocycles. The van der Waals surface area contributed by atoms with E-state index in [0.717, 1.165) is 0 Å². The van der Waals surface area contributed by atoms with Crippen molar-refractivity contribution in [3.05, 3.63) is 48.2 Å². The third-order valence-corrected chi connectivity index (χ3v) is 2.90. The van der Waals surface area contributed by atoms with Gasteiger partial charge in [-0.15, -0.1) is 0 Å². The van der Waals surface area contributed by atoms with Gasteiger partial charge >= 0.3 is 0 Å².